The second-order valence-electron chi connectivity index (χ2n) is 6.16. The molecule has 1 aliphatic rings. The van der Waals surface area contributed by atoms with E-state index in [2.05, 4.69) is 22.9 Å². The number of piperidine rings is 1. The van der Waals surface area contributed by atoms with Crippen molar-refractivity contribution in [1.82, 2.24) is 16.0 Å². The highest BCUT2D eigenvalue weighted by Gasteiger charge is 2.38. The molecule has 5 heteroatoms. The molecule has 1 unspecified atom stereocenters. The van der Waals surface area contributed by atoms with Crippen LogP contribution in [0.2, 0.25) is 0 Å². The van der Waals surface area contributed by atoms with E-state index in [-0.39, 0.29) is 23.3 Å². The highest BCUT2D eigenvalue weighted by atomic mass is 16.2. The Kier molecular flexibility index (Phi) is 7.72. The Morgan fingerprint density at radius 2 is 1.90 bits per heavy atom. The summed E-state index contributed by atoms with van der Waals surface area (Å²) in [5.74, 6) is 0.140. The third-order valence-electron chi connectivity index (χ3n) is 4.43. The fourth-order valence-electron chi connectivity index (χ4n) is 2.90. The number of rotatable bonds is 8. The molecule has 0 aromatic heterocycles. The topological polar surface area (TPSA) is 70.2 Å². The smallest absolute Gasteiger partial charge is 0.226 e. The molecule has 0 saturated carbocycles. The number of amides is 2. The lowest BCUT2D eigenvalue weighted by molar-refractivity contribution is -0.133. The van der Waals surface area contributed by atoms with Gasteiger partial charge in [0.15, 0.2) is 0 Å². The predicted molar refractivity (Wildman–Crippen MR) is 85.0 cm³/mol. The first-order valence-electron chi connectivity index (χ1n) is 8.32. The fraction of sp³-hybridized carbons (Fsp3) is 0.875. The zero-order valence-electron chi connectivity index (χ0n) is 13.8. The summed E-state index contributed by atoms with van der Waals surface area (Å²) in [5.41, 5.74) is -0.229. The first kappa shape index (κ1) is 18.0. The van der Waals surface area contributed by atoms with Gasteiger partial charge < -0.3 is 16.0 Å². The molecule has 1 atom stereocenters. The van der Waals surface area contributed by atoms with E-state index in [4.69, 9.17) is 0 Å². The molecular formula is C16H31N3O2. The Labute approximate surface area is 128 Å². The van der Waals surface area contributed by atoms with Crippen LogP contribution in [0.15, 0.2) is 0 Å². The van der Waals surface area contributed by atoms with Gasteiger partial charge in [-0.1, -0.05) is 20.3 Å². The summed E-state index contributed by atoms with van der Waals surface area (Å²) >= 11 is 0. The predicted octanol–water partition coefficient (Wildman–Crippen LogP) is 1.58. The molecule has 1 saturated heterocycles. The average Bonchev–Trinajstić information content (AvgIpc) is 2.48. The Balaban J connectivity index is 2.38. The largest absolute Gasteiger partial charge is 0.355 e. The minimum Gasteiger partial charge on any atom is -0.355 e. The van der Waals surface area contributed by atoms with Gasteiger partial charge in [0.05, 0.1) is 5.41 Å². The molecule has 0 aromatic rings. The second kappa shape index (κ2) is 9.03. The van der Waals surface area contributed by atoms with Gasteiger partial charge in [-0.15, -0.1) is 0 Å². The normalized spacial score (nSPS) is 18.8. The Hall–Kier alpha value is -1.10. The summed E-state index contributed by atoms with van der Waals surface area (Å²) in [6.07, 6.45) is 5.01. The molecule has 3 N–H and O–H groups in total. The number of hydrogen-bond donors (Lipinski definition) is 3. The highest BCUT2D eigenvalue weighted by Crippen LogP contribution is 2.34. The summed E-state index contributed by atoms with van der Waals surface area (Å²) in [4.78, 5) is 24.2. The van der Waals surface area contributed by atoms with Crippen molar-refractivity contribution in [1.29, 1.82) is 0 Å². The van der Waals surface area contributed by atoms with Gasteiger partial charge in [0, 0.05) is 19.0 Å². The maximum absolute atomic E-state index is 12.5. The maximum atomic E-state index is 12.5. The lowest BCUT2D eigenvalue weighted by Crippen LogP contribution is -2.48. The molecule has 0 bridgehead atoms. The van der Waals surface area contributed by atoms with Gasteiger partial charge in [-0.3, -0.25) is 9.59 Å². The third kappa shape index (κ3) is 5.65. The second-order valence-corrected chi connectivity index (χ2v) is 6.16. The average molecular weight is 297 g/mol. The molecule has 1 rings (SSSR count). The Morgan fingerprint density at radius 3 is 2.48 bits per heavy atom. The van der Waals surface area contributed by atoms with Crippen LogP contribution < -0.4 is 16.0 Å². The minimum atomic E-state index is -0.229. The van der Waals surface area contributed by atoms with Gasteiger partial charge in [0.1, 0.15) is 0 Å². The van der Waals surface area contributed by atoms with Gasteiger partial charge >= 0.3 is 0 Å². The summed E-state index contributed by atoms with van der Waals surface area (Å²) in [5, 5.41) is 9.20. The minimum absolute atomic E-state index is 0.0134. The molecule has 0 radical (unpaired) electrons. The van der Waals surface area contributed by atoms with Crippen LogP contribution in [0.1, 0.15) is 59.3 Å². The zero-order chi connectivity index (χ0) is 15.7. The van der Waals surface area contributed by atoms with Gasteiger partial charge in [0.25, 0.3) is 0 Å². The van der Waals surface area contributed by atoms with Crippen molar-refractivity contribution < 1.29 is 9.59 Å². The summed E-state index contributed by atoms with van der Waals surface area (Å²) in [6.45, 7) is 8.39. The molecule has 122 valence electrons. The maximum Gasteiger partial charge on any atom is 0.226 e. The molecule has 1 aliphatic heterocycles. The third-order valence-corrected chi connectivity index (χ3v) is 4.43. The van der Waals surface area contributed by atoms with Crippen molar-refractivity contribution in [3.63, 3.8) is 0 Å². The molecular weight excluding hydrogens is 266 g/mol. The molecule has 2 amide bonds. The van der Waals surface area contributed by atoms with E-state index in [9.17, 15) is 9.59 Å². The van der Waals surface area contributed by atoms with Crippen LogP contribution in [0.25, 0.3) is 0 Å². The van der Waals surface area contributed by atoms with Crippen LogP contribution in [0.3, 0.4) is 0 Å². The summed E-state index contributed by atoms with van der Waals surface area (Å²) in [6, 6.07) is 0.198. The SMILES string of the molecule is CCCC1(C(=O)NCCC(=O)NC(C)CC)CCNCC1. The number of carbonyl (C=O) groups is 2. The Morgan fingerprint density at radius 1 is 1.24 bits per heavy atom. The van der Waals surface area contributed by atoms with Crippen molar-refractivity contribution in [3.8, 4) is 0 Å². The Bertz CT molecular complexity index is 333. The lowest BCUT2D eigenvalue weighted by Gasteiger charge is -2.36. The van der Waals surface area contributed by atoms with Crippen LogP contribution in [-0.4, -0.2) is 37.5 Å². The van der Waals surface area contributed by atoms with Crippen LogP contribution in [0, 0.1) is 5.41 Å². The molecule has 21 heavy (non-hydrogen) atoms. The lowest BCUT2D eigenvalue weighted by atomic mass is 9.74. The van der Waals surface area contributed by atoms with Gasteiger partial charge in [-0.05, 0) is 45.7 Å². The van der Waals surface area contributed by atoms with E-state index in [0.717, 1.165) is 45.2 Å². The van der Waals surface area contributed by atoms with Gasteiger partial charge in [-0.25, -0.2) is 0 Å². The van der Waals surface area contributed by atoms with Gasteiger partial charge in [-0.2, -0.15) is 0 Å². The van der Waals surface area contributed by atoms with Crippen LogP contribution in [0.5, 0.6) is 0 Å². The van der Waals surface area contributed by atoms with E-state index in [1.165, 1.54) is 0 Å². The summed E-state index contributed by atoms with van der Waals surface area (Å²) in [7, 11) is 0. The van der Waals surface area contributed by atoms with E-state index in [0.29, 0.717) is 13.0 Å². The van der Waals surface area contributed by atoms with Crippen molar-refractivity contribution in [2.75, 3.05) is 19.6 Å². The molecule has 0 spiro atoms. The molecule has 1 fully saturated rings. The van der Waals surface area contributed by atoms with E-state index >= 15 is 0 Å². The molecule has 1 heterocycles. The van der Waals surface area contributed by atoms with Crippen LogP contribution >= 0.6 is 0 Å². The standard InChI is InChI=1S/C16H31N3O2/c1-4-7-16(8-11-17-12-9-16)15(21)18-10-6-14(20)19-13(3)5-2/h13,17H,4-12H2,1-3H3,(H,18,21)(H,19,20). The van der Waals surface area contributed by atoms with E-state index in [1.807, 2.05) is 13.8 Å². The first-order valence-corrected chi connectivity index (χ1v) is 8.32. The first-order chi connectivity index (χ1) is 10.0. The zero-order valence-corrected chi connectivity index (χ0v) is 13.8. The van der Waals surface area contributed by atoms with Gasteiger partial charge in [0.2, 0.25) is 11.8 Å². The van der Waals surface area contributed by atoms with E-state index < -0.39 is 0 Å². The number of hydrogen-bond acceptors (Lipinski definition) is 3. The van der Waals surface area contributed by atoms with Crippen molar-refractivity contribution in [2.24, 2.45) is 5.41 Å². The summed E-state index contributed by atoms with van der Waals surface area (Å²) < 4.78 is 0. The molecule has 5 nitrogen and oxygen atoms in total. The van der Waals surface area contributed by atoms with Crippen LogP contribution in [0.4, 0.5) is 0 Å². The van der Waals surface area contributed by atoms with Crippen molar-refractivity contribution in [2.45, 2.75) is 65.3 Å². The number of nitrogens with one attached hydrogen (secondary N) is 3. The monoisotopic (exact) mass is 297 g/mol. The molecule has 0 aromatic carbocycles. The number of carbonyl (C=O) groups excluding carboxylic acids is 2. The van der Waals surface area contributed by atoms with Crippen molar-refractivity contribution >= 4 is 11.8 Å². The van der Waals surface area contributed by atoms with Crippen molar-refractivity contribution in [3.05, 3.63) is 0 Å². The quantitative estimate of drug-likeness (QED) is 0.637. The highest BCUT2D eigenvalue weighted by molar-refractivity contribution is 5.83. The van der Waals surface area contributed by atoms with Crippen LogP contribution in [-0.2, 0) is 9.59 Å². The fourth-order valence-corrected chi connectivity index (χ4v) is 2.90. The molecule has 0 aliphatic carbocycles. The van der Waals surface area contributed by atoms with E-state index in [1.54, 1.807) is 0 Å².